The second-order valence-electron chi connectivity index (χ2n) is 3.61. The SMILES string of the molecule is CCn1nncc1C(O)CSc1ccccc1. The highest BCUT2D eigenvalue weighted by molar-refractivity contribution is 7.99. The normalized spacial score (nSPS) is 12.6. The third kappa shape index (κ3) is 3.08. The Labute approximate surface area is 105 Å². The van der Waals surface area contributed by atoms with Crippen LogP contribution in [0.5, 0.6) is 0 Å². The monoisotopic (exact) mass is 249 g/mol. The predicted octanol–water partition coefficient (Wildman–Crippen LogP) is 2.12. The molecule has 0 fully saturated rings. The van der Waals surface area contributed by atoms with E-state index in [4.69, 9.17) is 0 Å². The van der Waals surface area contributed by atoms with Gasteiger partial charge < -0.3 is 5.11 Å². The quantitative estimate of drug-likeness (QED) is 0.825. The van der Waals surface area contributed by atoms with Crippen LogP contribution in [0.3, 0.4) is 0 Å². The fraction of sp³-hybridized carbons (Fsp3) is 0.333. The van der Waals surface area contributed by atoms with E-state index in [1.54, 1.807) is 22.6 Å². The standard InChI is InChI=1S/C12H15N3OS/c1-2-15-11(8-13-14-15)12(16)9-17-10-6-4-3-5-7-10/h3-8,12,16H,2,9H2,1H3. The van der Waals surface area contributed by atoms with Crippen LogP contribution in [0.1, 0.15) is 18.7 Å². The van der Waals surface area contributed by atoms with Gasteiger partial charge in [-0.3, -0.25) is 0 Å². The Morgan fingerprint density at radius 3 is 2.82 bits per heavy atom. The highest BCUT2D eigenvalue weighted by atomic mass is 32.2. The van der Waals surface area contributed by atoms with E-state index in [0.717, 1.165) is 17.1 Å². The van der Waals surface area contributed by atoms with E-state index in [0.29, 0.717) is 5.75 Å². The highest BCUT2D eigenvalue weighted by Gasteiger charge is 2.13. The summed E-state index contributed by atoms with van der Waals surface area (Å²) in [4.78, 5) is 1.15. The van der Waals surface area contributed by atoms with E-state index in [1.807, 2.05) is 37.3 Å². The van der Waals surface area contributed by atoms with Gasteiger partial charge in [0.05, 0.1) is 11.9 Å². The Morgan fingerprint density at radius 1 is 1.35 bits per heavy atom. The number of rotatable bonds is 5. The Balaban J connectivity index is 1.96. The molecule has 0 amide bonds. The Hall–Kier alpha value is -1.33. The summed E-state index contributed by atoms with van der Waals surface area (Å²) in [6.45, 7) is 2.71. The molecule has 0 radical (unpaired) electrons. The van der Waals surface area contributed by atoms with Gasteiger partial charge in [-0.2, -0.15) is 0 Å². The molecule has 2 aromatic rings. The molecule has 1 unspecified atom stereocenters. The van der Waals surface area contributed by atoms with Crippen molar-refractivity contribution in [1.29, 1.82) is 0 Å². The van der Waals surface area contributed by atoms with Gasteiger partial charge in [0, 0.05) is 17.2 Å². The molecule has 0 aliphatic heterocycles. The molecule has 1 atom stereocenters. The smallest absolute Gasteiger partial charge is 0.107 e. The molecule has 90 valence electrons. The van der Waals surface area contributed by atoms with Crippen molar-refractivity contribution in [2.45, 2.75) is 24.5 Å². The van der Waals surface area contributed by atoms with E-state index in [-0.39, 0.29) is 0 Å². The number of aryl methyl sites for hydroxylation is 1. The minimum Gasteiger partial charge on any atom is -0.386 e. The van der Waals surface area contributed by atoms with Gasteiger partial charge in [-0.1, -0.05) is 23.4 Å². The van der Waals surface area contributed by atoms with Gasteiger partial charge in [-0.15, -0.1) is 16.9 Å². The van der Waals surface area contributed by atoms with Gasteiger partial charge in [0.1, 0.15) is 6.10 Å². The largest absolute Gasteiger partial charge is 0.386 e. The molecule has 1 N–H and O–H groups in total. The zero-order valence-corrected chi connectivity index (χ0v) is 10.5. The topological polar surface area (TPSA) is 50.9 Å². The maximum Gasteiger partial charge on any atom is 0.107 e. The summed E-state index contributed by atoms with van der Waals surface area (Å²) in [7, 11) is 0. The molecule has 1 aromatic heterocycles. The number of thioether (sulfide) groups is 1. The summed E-state index contributed by atoms with van der Waals surface area (Å²) in [5.41, 5.74) is 0.774. The van der Waals surface area contributed by atoms with Crippen molar-refractivity contribution >= 4 is 11.8 Å². The van der Waals surface area contributed by atoms with Crippen LogP contribution in [0.4, 0.5) is 0 Å². The summed E-state index contributed by atoms with van der Waals surface area (Å²) in [6.07, 6.45) is 1.09. The molecular weight excluding hydrogens is 234 g/mol. The first kappa shape index (κ1) is 12.1. The van der Waals surface area contributed by atoms with Crippen LogP contribution < -0.4 is 0 Å². The first-order valence-electron chi connectivity index (χ1n) is 5.55. The van der Waals surface area contributed by atoms with Crippen molar-refractivity contribution in [3.8, 4) is 0 Å². The maximum absolute atomic E-state index is 10.1. The number of hydrogen-bond donors (Lipinski definition) is 1. The molecule has 5 heteroatoms. The van der Waals surface area contributed by atoms with E-state index in [9.17, 15) is 5.11 Å². The average Bonchev–Trinajstić information content (AvgIpc) is 2.85. The second-order valence-corrected chi connectivity index (χ2v) is 4.71. The minimum atomic E-state index is -0.532. The van der Waals surface area contributed by atoms with Crippen LogP contribution in [0.2, 0.25) is 0 Å². The molecule has 2 rings (SSSR count). The minimum absolute atomic E-state index is 0.532. The Morgan fingerprint density at radius 2 is 2.12 bits per heavy atom. The highest BCUT2D eigenvalue weighted by Crippen LogP contribution is 2.23. The van der Waals surface area contributed by atoms with E-state index in [1.165, 1.54) is 0 Å². The lowest BCUT2D eigenvalue weighted by molar-refractivity contribution is 0.192. The average molecular weight is 249 g/mol. The Bertz CT molecular complexity index is 458. The molecule has 1 heterocycles. The molecule has 0 saturated carbocycles. The molecule has 0 saturated heterocycles. The fourth-order valence-corrected chi connectivity index (χ4v) is 2.42. The number of nitrogens with zero attached hydrogens (tertiary/aromatic N) is 3. The molecule has 4 nitrogen and oxygen atoms in total. The van der Waals surface area contributed by atoms with Crippen LogP contribution in [0.15, 0.2) is 41.4 Å². The first-order chi connectivity index (χ1) is 8.31. The molecule has 0 aliphatic carbocycles. The number of hydrogen-bond acceptors (Lipinski definition) is 4. The molecular formula is C12H15N3OS. The van der Waals surface area contributed by atoms with Gasteiger partial charge in [-0.05, 0) is 19.1 Å². The lowest BCUT2D eigenvalue weighted by atomic mass is 10.3. The van der Waals surface area contributed by atoms with Crippen molar-refractivity contribution in [2.24, 2.45) is 0 Å². The molecule has 1 aromatic carbocycles. The van der Waals surface area contributed by atoms with Gasteiger partial charge in [-0.25, -0.2) is 4.68 Å². The van der Waals surface area contributed by atoms with E-state index in [2.05, 4.69) is 10.3 Å². The van der Waals surface area contributed by atoms with Crippen molar-refractivity contribution in [2.75, 3.05) is 5.75 Å². The Kier molecular flexibility index (Phi) is 4.17. The molecule has 0 aliphatic rings. The zero-order valence-electron chi connectivity index (χ0n) is 9.65. The van der Waals surface area contributed by atoms with Crippen molar-refractivity contribution in [3.63, 3.8) is 0 Å². The van der Waals surface area contributed by atoms with Crippen LogP contribution in [0.25, 0.3) is 0 Å². The number of aliphatic hydroxyl groups excluding tert-OH is 1. The molecule has 17 heavy (non-hydrogen) atoms. The van der Waals surface area contributed by atoms with Crippen LogP contribution in [0, 0.1) is 0 Å². The predicted molar refractivity (Wildman–Crippen MR) is 67.8 cm³/mol. The number of benzene rings is 1. The molecule has 0 spiro atoms. The summed E-state index contributed by atoms with van der Waals surface area (Å²) >= 11 is 1.63. The third-order valence-corrected chi connectivity index (χ3v) is 3.53. The van der Waals surface area contributed by atoms with E-state index >= 15 is 0 Å². The number of aliphatic hydroxyl groups is 1. The summed E-state index contributed by atoms with van der Waals surface area (Å²) in [6, 6.07) is 10.0. The van der Waals surface area contributed by atoms with Crippen LogP contribution in [-0.4, -0.2) is 25.9 Å². The van der Waals surface area contributed by atoms with Gasteiger partial charge in [0.2, 0.25) is 0 Å². The maximum atomic E-state index is 10.1. The van der Waals surface area contributed by atoms with Crippen LogP contribution >= 0.6 is 11.8 Å². The molecule has 0 bridgehead atoms. The summed E-state index contributed by atoms with van der Waals surface area (Å²) < 4.78 is 1.72. The van der Waals surface area contributed by atoms with E-state index < -0.39 is 6.10 Å². The van der Waals surface area contributed by atoms with Crippen LogP contribution in [-0.2, 0) is 6.54 Å². The van der Waals surface area contributed by atoms with Gasteiger partial charge in [0.15, 0.2) is 0 Å². The van der Waals surface area contributed by atoms with Gasteiger partial charge in [0.25, 0.3) is 0 Å². The number of aromatic nitrogens is 3. The van der Waals surface area contributed by atoms with Crippen molar-refractivity contribution in [3.05, 3.63) is 42.2 Å². The van der Waals surface area contributed by atoms with Crippen molar-refractivity contribution < 1.29 is 5.11 Å². The third-order valence-electron chi connectivity index (χ3n) is 2.44. The second kappa shape index (κ2) is 5.84. The summed E-state index contributed by atoms with van der Waals surface area (Å²) in [5.74, 6) is 0.609. The first-order valence-corrected chi connectivity index (χ1v) is 6.54. The van der Waals surface area contributed by atoms with Gasteiger partial charge >= 0.3 is 0 Å². The van der Waals surface area contributed by atoms with Crippen molar-refractivity contribution in [1.82, 2.24) is 15.0 Å². The fourth-order valence-electron chi connectivity index (χ4n) is 1.55. The lowest BCUT2D eigenvalue weighted by Crippen LogP contribution is -2.09. The zero-order chi connectivity index (χ0) is 12.1. The lowest BCUT2D eigenvalue weighted by Gasteiger charge is -2.10. The summed E-state index contributed by atoms with van der Waals surface area (Å²) in [5, 5.41) is 17.8.